The molecule has 0 spiro atoms. The third-order valence-corrected chi connectivity index (χ3v) is 6.91. The standard InChI is InChI=1S/C13H13BrN2O3S2/c1-8-9(12(17)15-2)4-3-5-11(8)16-21(18,19)13-10(14)6-7-20-13/h3-7,16H,1-2H3,(H,15,17). The van der Waals surface area contributed by atoms with Gasteiger partial charge in [0.1, 0.15) is 0 Å². The summed E-state index contributed by atoms with van der Waals surface area (Å²) in [6.07, 6.45) is 0. The first kappa shape index (κ1) is 16.0. The molecule has 0 saturated heterocycles. The Morgan fingerprint density at radius 2 is 2.00 bits per heavy atom. The van der Waals surface area contributed by atoms with Crippen molar-refractivity contribution in [1.29, 1.82) is 0 Å². The SMILES string of the molecule is CNC(=O)c1cccc(NS(=O)(=O)c2sccc2Br)c1C. The van der Waals surface area contributed by atoms with Crippen LogP contribution >= 0.6 is 27.3 Å². The smallest absolute Gasteiger partial charge is 0.272 e. The number of thiophene rings is 1. The Labute approximate surface area is 135 Å². The summed E-state index contributed by atoms with van der Waals surface area (Å²) >= 11 is 4.33. The van der Waals surface area contributed by atoms with Crippen LogP contribution in [0.4, 0.5) is 5.69 Å². The molecule has 1 amide bonds. The first-order valence-electron chi connectivity index (χ1n) is 5.94. The van der Waals surface area contributed by atoms with Crippen LogP contribution in [0.15, 0.2) is 38.3 Å². The topological polar surface area (TPSA) is 75.3 Å². The van der Waals surface area contributed by atoms with Crippen molar-refractivity contribution in [2.45, 2.75) is 11.1 Å². The fraction of sp³-hybridized carbons (Fsp3) is 0.154. The lowest BCUT2D eigenvalue weighted by Gasteiger charge is -2.12. The van der Waals surface area contributed by atoms with Crippen LogP contribution < -0.4 is 10.0 Å². The van der Waals surface area contributed by atoms with Gasteiger partial charge in [-0.3, -0.25) is 9.52 Å². The monoisotopic (exact) mass is 388 g/mol. The number of sulfonamides is 1. The maximum atomic E-state index is 12.4. The van der Waals surface area contributed by atoms with E-state index in [9.17, 15) is 13.2 Å². The van der Waals surface area contributed by atoms with Gasteiger partial charge < -0.3 is 5.32 Å². The molecule has 0 aliphatic carbocycles. The summed E-state index contributed by atoms with van der Waals surface area (Å²) in [4.78, 5) is 11.7. The summed E-state index contributed by atoms with van der Waals surface area (Å²) in [5.74, 6) is -0.258. The first-order chi connectivity index (χ1) is 9.86. The van der Waals surface area contributed by atoms with Crippen molar-refractivity contribution in [3.05, 3.63) is 45.2 Å². The minimum absolute atomic E-state index is 0.201. The molecule has 5 nitrogen and oxygen atoms in total. The third-order valence-electron chi connectivity index (χ3n) is 2.88. The lowest BCUT2D eigenvalue weighted by atomic mass is 10.1. The van der Waals surface area contributed by atoms with E-state index in [1.165, 1.54) is 7.05 Å². The van der Waals surface area contributed by atoms with E-state index in [4.69, 9.17) is 0 Å². The Morgan fingerprint density at radius 1 is 1.29 bits per heavy atom. The molecule has 0 atom stereocenters. The second-order valence-corrected chi connectivity index (χ2v) is 7.87. The Bertz CT molecular complexity index is 784. The zero-order valence-corrected chi connectivity index (χ0v) is 14.5. The Hall–Kier alpha value is -1.38. The van der Waals surface area contributed by atoms with Crippen molar-refractivity contribution in [2.24, 2.45) is 0 Å². The summed E-state index contributed by atoms with van der Waals surface area (Å²) < 4.78 is 27.9. The number of hydrogen-bond donors (Lipinski definition) is 2. The molecule has 2 N–H and O–H groups in total. The van der Waals surface area contributed by atoms with E-state index >= 15 is 0 Å². The molecule has 0 saturated carbocycles. The summed E-state index contributed by atoms with van der Waals surface area (Å²) in [5, 5.41) is 4.21. The van der Waals surface area contributed by atoms with Gasteiger partial charge in [0.05, 0.1) is 5.69 Å². The van der Waals surface area contributed by atoms with E-state index in [1.807, 2.05) is 0 Å². The van der Waals surface area contributed by atoms with Crippen LogP contribution in [-0.2, 0) is 10.0 Å². The number of amides is 1. The van der Waals surface area contributed by atoms with Gasteiger partial charge >= 0.3 is 0 Å². The Balaban J connectivity index is 2.41. The van der Waals surface area contributed by atoms with Gasteiger partial charge in [-0.05, 0) is 52.0 Å². The number of anilines is 1. The largest absolute Gasteiger partial charge is 0.355 e. The van der Waals surface area contributed by atoms with Crippen molar-refractivity contribution < 1.29 is 13.2 Å². The highest BCUT2D eigenvalue weighted by molar-refractivity contribution is 9.10. The molecule has 0 radical (unpaired) electrons. The average molecular weight is 389 g/mol. The van der Waals surface area contributed by atoms with Gasteiger partial charge in [-0.2, -0.15) is 0 Å². The Morgan fingerprint density at radius 3 is 2.57 bits per heavy atom. The van der Waals surface area contributed by atoms with Gasteiger partial charge in [-0.25, -0.2) is 8.42 Å². The highest BCUT2D eigenvalue weighted by atomic mass is 79.9. The molecule has 0 fully saturated rings. The molecule has 1 aromatic heterocycles. The van der Waals surface area contributed by atoms with E-state index in [-0.39, 0.29) is 10.1 Å². The molecule has 1 aromatic carbocycles. The van der Waals surface area contributed by atoms with E-state index < -0.39 is 10.0 Å². The van der Waals surface area contributed by atoms with Gasteiger partial charge in [0.15, 0.2) is 4.21 Å². The number of hydrogen-bond acceptors (Lipinski definition) is 4. The molecule has 0 aliphatic rings. The minimum atomic E-state index is -3.68. The summed E-state index contributed by atoms with van der Waals surface area (Å²) in [5.41, 5.74) is 1.40. The van der Waals surface area contributed by atoms with Crippen LogP contribution in [0.25, 0.3) is 0 Å². The molecule has 2 rings (SSSR count). The number of carbonyl (C=O) groups is 1. The van der Waals surface area contributed by atoms with Crippen molar-refractivity contribution in [2.75, 3.05) is 11.8 Å². The summed E-state index contributed by atoms with van der Waals surface area (Å²) in [6.45, 7) is 1.70. The number of halogens is 1. The molecule has 2 aromatic rings. The highest BCUT2D eigenvalue weighted by Gasteiger charge is 2.21. The zero-order chi connectivity index (χ0) is 15.6. The van der Waals surface area contributed by atoms with Crippen LogP contribution in [0.2, 0.25) is 0 Å². The van der Waals surface area contributed by atoms with Crippen molar-refractivity contribution in [3.8, 4) is 0 Å². The summed E-state index contributed by atoms with van der Waals surface area (Å²) in [6, 6.07) is 6.58. The molecule has 1 heterocycles. The highest BCUT2D eigenvalue weighted by Crippen LogP contribution is 2.30. The maximum absolute atomic E-state index is 12.4. The third kappa shape index (κ3) is 3.28. The number of benzene rings is 1. The van der Waals surface area contributed by atoms with Gasteiger partial charge in [0.2, 0.25) is 0 Å². The van der Waals surface area contributed by atoms with Crippen LogP contribution in [0.5, 0.6) is 0 Å². The van der Waals surface area contributed by atoms with E-state index in [2.05, 4.69) is 26.0 Å². The maximum Gasteiger partial charge on any atom is 0.272 e. The molecular weight excluding hydrogens is 376 g/mol. The second kappa shape index (κ2) is 6.17. The van der Waals surface area contributed by atoms with Crippen LogP contribution in [-0.4, -0.2) is 21.4 Å². The molecular formula is C13H13BrN2O3S2. The first-order valence-corrected chi connectivity index (χ1v) is 9.10. The normalized spacial score (nSPS) is 11.2. The van der Waals surface area contributed by atoms with Gasteiger partial charge in [-0.1, -0.05) is 6.07 Å². The fourth-order valence-corrected chi connectivity index (χ4v) is 5.25. The second-order valence-electron chi connectivity index (χ2n) is 4.22. The predicted molar refractivity (Wildman–Crippen MR) is 87.4 cm³/mol. The molecule has 8 heteroatoms. The van der Waals surface area contributed by atoms with Crippen molar-refractivity contribution >= 4 is 48.9 Å². The van der Waals surface area contributed by atoms with Crippen LogP contribution in [0.3, 0.4) is 0 Å². The quantitative estimate of drug-likeness (QED) is 0.844. The van der Waals surface area contributed by atoms with Crippen molar-refractivity contribution in [1.82, 2.24) is 5.32 Å². The lowest BCUT2D eigenvalue weighted by Crippen LogP contribution is -2.20. The van der Waals surface area contributed by atoms with Gasteiger partial charge in [-0.15, -0.1) is 11.3 Å². The van der Waals surface area contributed by atoms with Gasteiger partial charge in [0, 0.05) is 17.1 Å². The number of rotatable bonds is 4. The molecule has 21 heavy (non-hydrogen) atoms. The van der Waals surface area contributed by atoms with E-state index in [0.29, 0.717) is 21.3 Å². The number of carbonyl (C=O) groups excluding carboxylic acids is 1. The lowest BCUT2D eigenvalue weighted by molar-refractivity contribution is 0.0962. The minimum Gasteiger partial charge on any atom is -0.355 e. The van der Waals surface area contributed by atoms with E-state index in [0.717, 1.165) is 11.3 Å². The molecule has 0 aliphatic heterocycles. The number of nitrogens with one attached hydrogen (secondary N) is 2. The zero-order valence-electron chi connectivity index (χ0n) is 11.3. The summed E-state index contributed by atoms with van der Waals surface area (Å²) in [7, 11) is -2.15. The van der Waals surface area contributed by atoms with Gasteiger partial charge in [0.25, 0.3) is 15.9 Å². The van der Waals surface area contributed by atoms with Crippen LogP contribution in [0, 0.1) is 6.92 Å². The van der Waals surface area contributed by atoms with E-state index in [1.54, 1.807) is 36.6 Å². The molecule has 112 valence electrons. The van der Waals surface area contributed by atoms with Crippen LogP contribution in [0.1, 0.15) is 15.9 Å². The van der Waals surface area contributed by atoms with Crippen molar-refractivity contribution in [3.63, 3.8) is 0 Å². The Kier molecular flexibility index (Phi) is 4.70. The fourth-order valence-electron chi connectivity index (χ4n) is 1.79. The molecule has 0 bridgehead atoms. The predicted octanol–water partition coefficient (Wildman–Crippen LogP) is 2.98. The average Bonchev–Trinajstić information content (AvgIpc) is 2.87. The molecule has 0 unspecified atom stereocenters.